The minimum atomic E-state index is -2.46. The topological polar surface area (TPSA) is 360 Å². The number of rotatable bonds is 16. The molecule has 19 unspecified atom stereocenters. The standard InChI is InChI=1S/C59H104O23/c1-12-13-18-43(57(71)76-11)58(72)79-41-17-15-19-44(64)55-53(81-55)34(6)52(33(5)51(69)32(4)50(68)31(3)35(7)77-49-28-47(74-9)54(75-10)36(8)78-49)80-48(67)20-14-16-37(60)23-39(62)24-38(61)22-21-30(2)46(66)29-59(73)56(70)45(65)27-42(82-59)26-40(63)25-41/h14,20,30-47,49-56,60-66,68-70,73H,12-13,15-19,21-29H2,1-11H3/b20-14+/t30?,31?,32?,33?,34?,35?,36-,37?,38?,39?,40?,41?,42-,43?,44?,45+,46?,47-,49+,50?,51?,52?,53?,54+,55?,56-,59+/m1/s1. The fraction of sp³-hybridized carbons (Fsp3) is 0.915. The van der Waals surface area contributed by atoms with E-state index in [0.717, 1.165) is 13.2 Å². The van der Waals surface area contributed by atoms with Gasteiger partial charge in [-0.1, -0.05) is 60.5 Å². The first kappa shape index (κ1) is 71.9. The molecular formula is C59H104O23. The number of carbonyl (C=O) groups is 3. The number of unbranched alkanes of at least 4 members (excludes halogenated alkanes) is 1. The molecule has 23 nitrogen and oxygen atoms in total. The summed E-state index contributed by atoms with van der Waals surface area (Å²) in [5, 5.41) is 124. The molecule has 0 aromatic heterocycles. The van der Waals surface area contributed by atoms with Gasteiger partial charge in [0, 0.05) is 69.7 Å². The van der Waals surface area contributed by atoms with Crippen molar-refractivity contribution in [2.75, 3.05) is 21.3 Å². The zero-order chi connectivity index (χ0) is 61.3. The van der Waals surface area contributed by atoms with Gasteiger partial charge in [0.2, 0.25) is 0 Å². The van der Waals surface area contributed by atoms with Crippen molar-refractivity contribution in [1.29, 1.82) is 0 Å². The van der Waals surface area contributed by atoms with Crippen LogP contribution in [0.4, 0.5) is 0 Å². The first-order chi connectivity index (χ1) is 38.6. The fourth-order valence-corrected chi connectivity index (χ4v) is 12.2. The van der Waals surface area contributed by atoms with E-state index in [4.69, 9.17) is 42.6 Å². The average molecular weight is 1180 g/mol. The number of methoxy groups -OCH3 is 3. The molecule has 0 aromatic carbocycles. The molecule has 3 saturated heterocycles. The van der Waals surface area contributed by atoms with Crippen LogP contribution in [0, 0.1) is 35.5 Å². The third-order valence-electron chi connectivity index (χ3n) is 17.8. The predicted octanol–water partition coefficient (Wildman–Crippen LogP) is 2.25. The van der Waals surface area contributed by atoms with E-state index in [-0.39, 0.29) is 95.4 Å². The van der Waals surface area contributed by atoms with Crippen LogP contribution < -0.4 is 0 Å². The van der Waals surface area contributed by atoms with Crippen molar-refractivity contribution in [3.05, 3.63) is 12.2 Å². The Balaban J connectivity index is 1.58. The van der Waals surface area contributed by atoms with Gasteiger partial charge in [-0.25, -0.2) is 4.79 Å². The van der Waals surface area contributed by atoms with Gasteiger partial charge in [-0.2, -0.15) is 0 Å². The third-order valence-corrected chi connectivity index (χ3v) is 17.8. The zero-order valence-corrected chi connectivity index (χ0v) is 50.3. The van der Waals surface area contributed by atoms with Crippen LogP contribution in [-0.2, 0) is 57.0 Å². The lowest BCUT2D eigenvalue weighted by atomic mass is 9.77. The quantitative estimate of drug-likeness (QED) is 0.0457. The second-order valence-corrected chi connectivity index (χ2v) is 24.3. The summed E-state index contributed by atoms with van der Waals surface area (Å²) in [6.45, 7) is 14.1. The molecule has 3 fully saturated rings. The molecular weight excluding hydrogens is 1080 g/mol. The van der Waals surface area contributed by atoms with Gasteiger partial charge in [0.05, 0.1) is 92.6 Å². The van der Waals surface area contributed by atoms with Crippen LogP contribution in [0.25, 0.3) is 0 Å². The van der Waals surface area contributed by atoms with Crippen molar-refractivity contribution in [1.82, 2.24) is 0 Å². The van der Waals surface area contributed by atoms with Gasteiger partial charge in [0.1, 0.15) is 30.5 Å². The lowest BCUT2D eigenvalue weighted by Gasteiger charge is -2.45. The van der Waals surface area contributed by atoms with E-state index in [1.165, 1.54) is 6.08 Å². The molecule has 0 saturated carbocycles. The van der Waals surface area contributed by atoms with Crippen molar-refractivity contribution >= 4 is 17.9 Å². The minimum Gasteiger partial charge on any atom is -0.468 e. The Labute approximate surface area is 484 Å². The van der Waals surface area contributed by atoms with Gasteiger partial charge in [-0.15, -0.1) is 0 Å². The Morgan fingerprint density at radius 3 is 2.05 bits per heavy atom. The molecule has 23 heteroatoms. The lowest BCUT2D eigenvalue weighted by Crippen LogP contribution is -2.59. The van der Waals surface area contributed by atoms with Crippen LogP contribution in [0.15, 0.2) is 12.2 Å². The van der Waals surface area contributed by atoms with Crippen molar-refractivity contribution in [2.24, 2.45) is 35.5 Å². The number of cyclic esters (lactones) is 1. The van der Waals surface area contributed by atoms with Crippen LogP contribution in [0.5, 0.6) is 0 Å². The highest BCUT2D eigenvalue weighted by molar-refractivity contribution is 5.94. The Morgan fingerprint density at radius 2 is 1.40 bits per heavy atom. The average Bonchev–Trinajstić information content (AvgIpc) is 4.25. The number of hydrogen-bond donors (Lipinski definition) is 11. The maximum atomic E-state index is 13.7. The third kappa shape index (κ3) is 21.1. The molecule has 0 spiro atoms. The van der Waals surface area contributed by atoms with Gasteiger partial charge in [0.15, 0.2) is 18.0 Å². The Kier molecular flexibility index (Phi) is 29.9. The summed E-state index contributed by atoms with van der Waals surface area (Å²) in [6.07, 6.45) is -16.1. The van der Waals surface area contributed by atoms with E-state index < -0.39 is 170 Å². The second kappa shape index (κ2) is 34.1. The van der Waals surface area contributed by atoms with E-state index in [2.05, 4.69) is 0 Å². The second-order valence-electron chi connectivity index (χ2n) is 24.3. The molecule has 4 rings (SSSR count). The molecule has 11 N–H and O–H groups in total. The fourth-order valence-electron chi connectivity index (χ4n) is 12.2. The van der Waals surface area contributed by atoms with Crippen LogP contribution in [0.3, 0.4) is 0 Å². The lowest BCUT2D eigenvalue weighted by molar-refractivity contribution is -0.333. The normalized spacial score (nSPS) is 40.5. The molecule has 0 aliphatic carbocycles. The smallest absolute Gasteiger partial charge is 0.330 e. The van der Waals surface area contributed by atoms with E-state index >= 15 is 0 Å². The monoisotopic (exact) mass is 1180 g/mol. The summed E-state index contributed by atoms with van der Waals surface area (Å²) in [6, 6.07) is 0. The predicted molar refractivity (Wildman–Crippen MR) is 295 cm³/mol. The summed E-state index contributed by atoms with van der Waals surface area (Å²) in [5.74, 6) is -9.57. The molecule has 27 atom stereocenters. The highest BCUT2D eigenvalue weighted by Crippen LogP contribution is 2.41. The highest BCUT2D eigenvalue weighted by Gasteiger charge is 2.53. The molecule has 2 bridgehead atoms. The van der Waals surface area contributed by atoms with Crippen molar-refractivity contribution in [2.45, 2.75) is 286 Å². The van der Waals surface area contributed by atoms with Crippen LogP contribution in [0.2, 0.25) is 0 Å². The first-order valence-corrected chi connectivity index (χ1v) is 30.0. The highest BCUT2D eigenvalue weighted by atomic mass is 16.7. The number of esters is 3. The Bertz CT molecular complexity index is 1910. The van der Waals surface area contributed by atoms with E-state index in [1.807, 2.05) is 13.8 Å². The van der Waals surface area contributed by atoms with Crippen molar-refractivity contribution in [3.63, 3.8) is 0 Å². The maximum absolute atomic E-state index is 13.7. The van der Waals surface area contributed by atoms with E-state index in [0.29, 0.717) is 19.3 Å². The molecule has 0 aromatic rings. The molecule has 4 aliphatic heterocycles. The number of hydrogen-bond acceptors (Lipinski definition) is 23. The summed E-state index contributed by atoms with van der Waals surface area (Å²) in [7, 11) is 4.33. The number of carbonyl (C=O) groups excluding carboxylic acids is 3. The van der Waals surface area contributed by atoms with E-state index in [9.17, 15) is 70.6 Å². The maximum Gasteiger partial charge on any atom is 0.330 e. The van der Waals surface area contributed by atoms with Gasteiger partial charge < -0.3 is 98.8 Å². The number of aliphatic hydroxyl groups is 11. The summed E-state index contributed by atoms with van der Waals surface area (Å²) < 4.78 is 52.5. The zero-order valence-electron chi connectivity index (χ0n) is 50.3. The van der Waals surface area contributed by atoms with Crippen molar-refractivity contribution < 1.29 is 113 Å². The summed E-state index contributed by atoms with van der Waals surface area (Å²) in [5.41, 5.74) is 0. The summed E-state index contributed by atoms with van der Waals surface area (Å²) >= 11 is 0. The number of epoxide rings is 1. The first-order valence-electron chi connectivity index (χ1n) is 30.0. The number of aliphatic hydroxyl groups excluding tert-OH is 10. The largest absolute Gasteiger partial charge is 0.468 e. The number of ether oxygens (including phenoxy) is 9. The van der Waals surface area contributed by atoms with Gasteiger partial charge in [0.25, 0.3) is 0 Å². The SMILES string of the molecule is CCCCC(C(=O)OC)C(=O)OC1CCCC(O)C2OC2C(C)C(C(C)C(O)C(C)C(O)C(C)C(C)O[C@@H]2C[C@@H](OC)[C@@H](OC)[C@@H](C)O2)OC(=O)/C=C/CC(O)CC(O)CC(O)CCC(C)C(O)C[C@]2(O)O[C@H](CC(O)C1)C[C@H](O)[C@H]2O. The molecule has 0 radical (unpaired) electrons. The van der Waals surface area contributed by atoms with Crippen LogP contribution in [0.1, 0.15) is 158 Å². The number of fused-ring (bicyclic) bond motifs is 3. The van der Waals surface area contributed by atoms with E-state index in [1.54, 1.807) is 55.8 Å². The minimum absolute atomic E-state index is 0.0781. The Morgan fingerprint density at radius 1 is 0.732 bits per heavy atom. The molecule has 4 aliphatic rings. The van der Waals surface area contributed by atoms with Gasteiger partial charge >= 0.3 is 17.9 Å². The molecule has 82 heavy (non-hydrogen) atoms. The van der Waals surface area contributed by atoms with Gasteiger partial charge in [-0.3, -0.25) is 9.59 Å². The van der Waals surface area contributed by atoms with Crippen molar-refractivity contribution in [3.8, 4) is 0 Å². The molecule has 4 heterocycles. The molecule has 478 valence electrons. The molecule has 0 amide bonds. The Hall–Kier alpha value is -2.53. The van der Waals surface area contributed by atoms with Gasteiger partial charge in [-0.05, 0) is 84.0 Å². The van der Waals surface area contributed by atoms with Crippen LogP contribution >= 0.6 is 0 Å². The van der Waals surface area contributed by atoms with Crippen LogP contribution in [-0.4, -0.2) is 223 Å². The summed E-state index contributed by atoms with van der Waals surface area (Å²) in [4.78, 5) is 40.1.